The Kier molecular flexibility index (Phi) is 5.77. The molecule has 158 valence electrons. The molecule has 0 spiro atoms. The number of anilines is 1. The summed E-state index contributed by atoms with van der Waals surface area (Å²) >= 11 is 1.11. The number of aryl methyl sites for hydroxylation is 2. The highest BCUT2D eigenvalue weighted by molar-refractivity contribution is 7.10. The van der Waals surface area contributed by atoms with Gasteiger partial charge in [-0.2, -0.15) is 9.36 Å². The van der Waals surface area contributed by atoms with E-state index in [0.717, 1.165) is 39.8 Å². The fourth-order valence-corrected chi connectivity index (χ4v) is 3.62. The second-order valence-electron chi connectivity index (χ2n) is 7.04. The molecule has 0 saturated heterocycles. The lowest BCUT2D eigenvalue weighted by molar-refractivity contribution is 0.102. The first-order chi connectivity index (χ1) is 15.0. The van der Waals surface area contributed by atoms with Gasteiger partial charge in [-0.15, -0.1) is 5.10 Å². The summed E-state index contributed by atoms with van der Waals surface area (Å²) in [6.07, 6.45) is 0. The molecule has 0 bridgehead atoms. The van der Waals surface area contributed by atoms with Crippen molar-refractivity contribution < 1.29 is 9.53 Å². The maximum atomic E-state index is 12.5. The summed E-state index contributed by atoms with van der Waals surface area (Å²) in [5.74, 6) is 1.00. The average molecular weight is 435 g/mol. The molecule has 0 atom stereocenters. The molecule has 1 N–H and O–H groups in total. The van der Waals surface area contributed by atoms with E-state index in [9.17, 15) is 4.79 Å². The Morgan fingerprint density at radius 1 is 1.10 bits per heavy atom. The van der Waals surface area contributed by atoms with Crippen molar-refractivity contribution in [1.29, 1.82) is 0 Å². The molecule has 0 aliphatic carbocycles. The molecule has 31 heavy (non-hydrogen) atoms. The number of nitrogens with one attached hydrogen (secondary N) is 1. The highest BCUT2D eigenvalue weighted by Crippen LogP contribution is 2.25. The lowest BCUT2D eigenvalue weighted by atomic mass is 10.1. The third kappa shape index (κ3) is 4.31. The summed E-state index contributed by atoms with van der Waals surface area (Å²) in [7, 11) is 0. The van der Waals surface area contributed by atoms with Crippen molar-refractivity contribution in [2.24, 2.45) is 0 Å². The molecule has 9 heteroatoms. The normalized spacial score (nSPS) is 10.8. The smallest absolute Gasteiger partial charge is 0.257 e. The van der Waals surface area contributed by atoms with Crippen LogP contribution in [-0.4, -0.2) is 36.9 Å². The Morgan fingerprint density at radius 2 is 1.87 bits per heavy atom. The minimum atomic E-state index is -0.222. The molecule has 2 aromatic heterocycles. The van der Waals surface area contributed by atoms with Gasteiger partial charge < -0.3 is 4.74 Å². The third-order valence-electron chi connectivity index (χ3n) is 4.91. The van der Waals surface area contributed by atoms with E-state index in [2.05, 4.69) is 25.0 Å². The summed E-state index contributed by atoms with van der Waals surface area (Å²) in [6.45, 7) is 8.45. The van der Waals surface area contributed by atoms with Crippen LogP contribution in [0.4, 0.5) is 5.13 Å². The van der Waals surface area contributed by atoms with E-state index < -0.39 is 0 Å². The van der Waals surface area contributed by atoms with Gasteiger partial charge in [0.05, 0.1) is 18.0 Å². The largest absolute Gasteiger partial charge is 0.494 e. The lowest BCUT2D eigenvalue weighted by Crippen LogP contribution is -2.12. The summed E-state index contributed by atoms with van der Waals surface area (Å²) in [5.41, 5.74) is 5.01. The van der Waals surface area contributed by atoms with Gasteiger partial charge in [0.2, 0.25) is 5.13 Å². The van der Waals surface area contributed by atoms with E-state index in [1.54, 1.807) is 10.7 Å². The van der Waals surface area contributed by atoms with Crippen molar-refractivity contribution in [2.75, 3.05) is 11.9 Å². The molecular formula is C22H22N6O2S. The van der Waals surface area contributed by atoms with E-state index in [1.807, 2.05) is 64.1 Å². The van der Waals surface area contributed by atoms with E-state index in [4.69, 9.17) is 4.74 Å². The first-order valence-electron chi connectivity index (χ1n) is 9.84. The minimum Gasteiger partial charge on any atom is -0.494 e. The number of amides is 1. The van der Waals surface area contributed by atoms with E-state index in [-0.39, 0.29) is 5.91 Å². The number of ether oxygens (including phenoxy) is 1. The molecule has 0 aliphatic heterocycles. The van der Waals surface area contributed by atoms with Gasteiger partial charge >= 0.3 is 0 Å². The zero-order valence-corrected chi connectivity index (χ0v) is 18.5. The summed E-state index contributed by atoms with van der Waals surface area (Å²) in [6, 6.07) is 13.2. The predicted octanol–water partition coefficient (Wildman–Crippen LogP) is 4.36. The van der Waals surface area contributed by atoms with Crippen LogP contribution in [0.2, 0.25) is 0 Å². The van der Waals surface area contributed by atoms with Crippen LogP contribution in [0.25, 0.3) is 17.2 Å². The van der Waals surface area contributed by atoms with Crippen molar-refractivity contribution in [1.82, 2.24) is 24.4 Å². The van der Waals surface area contributed by atoms with Crippen LogP contribution in [0, 0.1) is 20.8 Å². The third-order valence-corrected chi connectivity index (χ3v) is 5.54. The highest BCUT2D eigenvalue weighted by atomic mass is 32.1. The van der Waals surface area contributed by atoms with Crippen LogP contribution in [-0.2, 0) is 0 Å². The Hall–Kier alpha value is -3.59. The molecule has 0 aliphatic rings. The van der Waals surface area contributed by atoms with Crippen molar-refractivity contribution in [3.8, 4) is 23.0 Å². The van der Waals surface area contributed by atoms with E-state index in [1.165, 1.54) is 0 Å². The minimum absolute atomic E-state index is 0.222. The molecule has 4 rings (SSSR count). The summed E-state index contributed by atoms with van der Waals surface area (Å²) in [5, 5.41) is 11.7. The molecule has 4 aromatic rings. The average Bonchev–Trinajstić information content (AvgIpc) is 3.37. The fourth-order valence-electron chi connectivity index (χ4n) is 3.05. The van der Waals surface area contributed by atoms with E-state index in [0.29, 0.717) is 28.8 Å². The van der Waals surface area contributed by atoms with Gasteiger partial charge in [-0.05, 0) is 75.2 Å². The second-order valence-corrected chi connectivity index (χ2v) is 7.79. The van der Waals surface area contributed by atoms with Crippen LogP contribution >= 0.6 is 11.5 Å². The highest BCUT2D eigenvalue weighted by Gasteiger charge is 2.18. The maximum absolute atomic E-state index is 12.5. The first kappa shape index (κ1) is 20.7. The number of hydrogen-bond acceptors (Lipinski definition) is 7. The number of carbonyl (C=O) groups excluding carboxylic acids is 1. The number of nitrogens with zero attached hydrogens (tertiary/aromatic N) is 5. The number of hydrogen-bond donors (Lipinski definition) is 1. The standard InChI is InChI=1S/C22H22N6O2S/c1-5-30-18-10-8-17(9-11-18)28-15(4)19(25-27-28)20-23-22(31-26-20)24-21(29)16-7-6-13(2)14(3)12-16/h6-12H,5H2,1-4H3,(H,23,24,26,29). The van der Waals surface area contributed by atoms with Crippen molar-refractivity contribution in [2.45, 2.75) is 27.7 Å². The van der Waals surface area contributed by atoms with Gasteiger partial charge in [0.25, 0.3) is 5.91 Å². The second kappa shape index (κ2) is 8.65. The van der Waals surface area contributed by atoms with Crippen LogP contribution in [0.3, 0.4) is 0 Å². The molecule has 0 radical (unpaired) electrons. The zero-order valence-electron chi connectivity index (χ0n) is 17.7. The molecule has 2 heterocycles. The quantitative estimate of drug-likeness (QED) is 0.484. The van der Waals surface area contributed by atoms with Gasteiger partial charge in [0.15, 0.2) is 11.5 Å². The van der Waals surface area contributed by atoms with Crippen molar-refractivity contribution in [3.63, 3.8) is 0 Å². The Morgan fingerprint density at radius 3 is 2.58 bits per heavy atom. The summed E-state index contributed by atoms with van der Waals surface area (Å²) in [4.78, 5) is 17.0. The molecule has 8 nitrogen and oxygen atoms in total. The lowest BCUT2D eigenvalue weighted by Gasteiger charge is -2.06. The van der Waals surface area contributed by atoms with E-state index >= 15 is 0 Å². The first-order valence-corrected chi connectivity index (χ1v) is 10.6. The topological polar surface area (TPSA) is 94.8 Å². The molecule has 0 fully saturated rings. The van der Waals surface area contributed by atoms with Crippen molar-refractivity contribution in [3.05, 3.63) is 64.8 Å². The van der Waals surface area contributed by atoms with Crippen LogP contribution in [0.1, 0.15) is 34.1 Å². The van der Waals surface area contributed by atoms with Gasteiger partial charge in [0, 0.05) is 17.1 Å². The monoisotopic (exact) mass is 434 g/mol. The van der Waals surface area contributed by atoms with Crippen molar-refractivity contribution >= 4 is 22.6 Å². The Balaban J connectivity index is 1.52. The summed E-state index contributed by atoms with van der Waals surface area (Å²) < 4.78 is 11.6. The Bertz CT molecular complexity index is 1230. The van der Waals surface area contributed by atoms with Gasteiger partial charge in [-0.25, -0.2) is 4.68 Å². The molecular weight excluding hydrogens is 412 g/mol. The van der Waals surface area contributed by atoms with Crippen LogP contribution < -0.4 is 10.1 Å². The molecule has 1 amide bonds. The molecule has 0 saturated carbocycles. The molecule has 2 aromatic carbocycles. The Labute approximate surface area is 184 Å². The predicted molar refractivity (Wildman–Crippen MR) is 120 cm³/mol. The SMILES string of the molecule is CCOc1ccc(-n2nnc(-c3nsc(NC(=O)c4ccc(C)c(C)c4)n3)c2C)cc1. The fraction of sp³-hybridized carbons (Fsp3) is 0.227. The zero-order chi connectivity index (χ0) is 22.0. The maximum Gasteiger partial charge on any atom is 0.257 e. The number of carbonyl (C=O) groups is 1. The van der Waals surface area contributed by atoms with Crippen LogP contribution in [0.15, 0.2) is 42.5 Å². The molecule has 0 unspecified atom stereocenters. The van der Waals surface area contributed by atoms with Gasteiger partial charge in [-0.3, -0.25) is 10.1 Å². The van der Waals surface area contributed by atoms with Gasteiger partial charge in [0.1, 0.15) is 5.75 Å². The van der Waals surface area contributed by atoms with Crippen LogP contribution in [0.5, 0.6) is 5.75 Å². The van der Waals surface area contributed by atoms with Gasteiger partial charge in [-0.1, -0.05) is 11.3 Å². The number of benzene rings is 2. The number of rotatable bonds is 6. The number of aromatic nitrogens is 5.